The topological polar surface area (TPSA) is 44.8 Å². The van der Waals surface area contributed by atoms with Crippen LogP contribution in [0.5, 0.6) is 5.75 Å². The predicted octanol–water partition coefficient (Wildman–Crippen LogP) is 3.57. The van der Waals surface area contributed by atoms with E-state index in [0.29, 0.717) is 13.0 Å². The largest absolute Gasteiger partial charge is 0.497 e. The highest BCUT2D eigenvalue weighted by Crippen LogP contribution is 2.32. The molecule has 2 heterocycles. The third-order valence-electron chi connectivity index (χ3n) is 6.49. The number of fused-ring (bicyclic) bond motifs is 1. The molecule has 2 aromatic rings. The second kappa shape index (κ2) is 9.52. The first-order chi connectivity index (χ1) is 14.6. The zero-order chi connectivity index (χ0) is 20.9. The van der Waals surface area contributed by atoms with Crippen molar-refractivity contribution < 1.29 is 9.53 Å². The highest BCUT2D eigenvalue weighted by molar-refractivity contribution is 5.76. The van der Waals surface area contributed by atoms with Crippen molar-refractivity contribution in [1.82, 2.24) is 10.2 Å². The first-order valence-corrected chi connectivity index (χ1v) is 11.1. The van der Waals surface area contributed by atoms with Crippen LogP contribution in [0, 0.1) is 0 Å². The highest BCUT2D eigenvalue weighted by Gasteiger charge is 2.26. The maximum Gasteiger partial charge on any atom is 0.220 e. The van der Waals surface area contributed by atoms with Crippen LogP contribution in [-0.2, 0) is 17.6 Å². The van der Waals surface area contributed by atoms with Crippen LogP contribution in [-0.4, -0.2) is 51.1 Å². The minimum absolute atomic E-state index is 0.121. The number of hydrogen-bond donors (Lipinski definition) is 1. The Labute approximate surface area is 180 Å². The zero-order valence-electron chi connectivity index (χ0n) is 18.2. The van der Waals surface area contributed by atoms with Gasteiger partial charge in [0.1, 0.15) is 5.75 Å². The van der Waals surface area contributed by atoms with Crippen molar-refractivity contribution in [3.05, 3.63) is 59.2 Å². The van der Waals surface area contributed by atoms with Gasteiger partial charge < -0.3 is 15.0 Å². The van der Waals surface area contributed by atoms with E-state index in [0.717, 1.165) is 43.8 Å². The minimum atomic E-state index is 0.121. The number of likely N-dealkylation sites (tertiary alicyclic amines) is 1. The molecule has 1 fully saturated rings. The smallest absolute Gasteiger partial charge is 0.220 e. The lowest BCUT2D eigenvalue weighted by molar-refractivity contribution is -0.121. The zero-order valence-corrected chi connectivity index (χ0v) is 18.2. The van der Waals surface area contributed by atoms with Gasteiger partial charge in [0.05, 0.1) is 13.2 Å². The molecule has 0 spiro atoms. The quantitative estimate of drug-likeness (QED) is 0.727. The Kier molecular flexibility index (Phi) is 6.58. The summed E-state index contributed by atoms with van der Waals surface area (Å²) >= 11 is 0. The van der Waals surface area contributed by atoms with Crippen molar-refractivity contribution in [2.75, 3.05) is 45.2 Å². The molecule has 5 nitrogen and oxygen atoms in total. The molecule has 0 radical (unpaired) electrons. The van der Waals surface area contributed by atoms with Crippen molar-refractivity contribution in [2.24, 2.45) is 0 Å². The molecule has 30 heavy (non-hydrogen) atoms. The summed E-state index contributed by atoms with van der Waals surface area (Å²) in [5.41, 5.74) is 5.28. The first kappa shape index (κ1) is 20.7. The molecule has 0 bridgehead atoms. The third kappa shape index (κ3) is 4.78. The van der Waals surface area contributed by atoms with Crippen LogP contribution in [0.25, 0.3) is 0 Å². The number of hydrogen-bond acceptors (Lipinski definition) is 4. The number of ether oxygens (including phenoxy) is 1. The molecule has 4 rings (SSSR count). The van der Waals surface area contributed by atoms with Crippen LogP contribution in [0.1, 0.15) is 42.0 Å². The number of anilines is 1. The fraction of sp³-hybridized carbons (Fsp3) is 0.480. The summed E-state index contributed by atoms with van der Waals surface area (Å²) in [6.45, 7) is 4.00. The van der Waals surface area contributed by atoms with Crippen LogP contribution in [0.4, 0.5) is 5.69 Å². The van der Waals surface area contributed by atoms with E-state index < -0.39 is 0 Å². The molecule has 2 aliphatic heterocycles. The molecule has 1 atom stereocenters. The van der Waals surface area contributed by atoms with E-state index in [2.05, 4.69) is 40.4 Å². The van der Waals surface area contributed by atoms with Crippen LogP contribution in [0.2, 0.25) is 0 Å². The summed E-state index contributed by atoms with van der Waals surface area (Å²) in [5, 5.41) is 3.21. The van der Waals surface area contributed by atoms with Gasteiger partial charge in [-0.15, -0.1) is 0 Å². The van der Waals surface area contributed by atoms with Gasteiger partial charge in [0.15, 0.2) is 0 Å². The lowest BCUT2D eigenvalue weighted by atomic mass is 10.0. The SMILES string of the molecule is COc1ccc(CCC(=O)NC[C@@H](c2ccc3c(c2)CCN3C)N2CCCC2)cc1. The van der Waals surface area contributed by atoms with E-state index >= 15 is 0 Å². The molecule has 160 valence electrons. The standard InChI is InChI=1S/C25H33N3O2/c1-27-16-13-21-17-20(8-11-23(21)27)24(28-14-3-4-15-28)18-26-25(29)12-7-19-5-9-22(30-2)10-6-19/h5-6,8-11,17,24H,3-4,7,12-16,18H2,1-2H3,(H,26,29)/t24-/m0/s1. The van der Waals surface area contributed by atoms with Gasteiger partial charge in [-0.25, -0.2) is 0 Å². The average Bonchev–Trinajstić information content (AvgIpc) is 3.43. The summed E-state index contributed by atoms with van der Waals surface area (Å²) in [4.78, 5) is 17.4. The van der Waals surface area contributed by atoms with Crippen molar-refractivity contribution in [1.29, 1.82) is 0 Å². The van der Waals surface area contributed by atoms with Gasteiger partial charge in [0, 0.05) is 32.2 Å². The molecule has 0 aromatic heterocycles. The lowest BCUT2D eigenvalue weighted by Gasteiger charge is -2.29. The van der Waals surface area contributed by atoms with E-state index in [-0.39, 0.29) is 11.9 Å². The molecule has 1 N–H and O–H groups in total. The number of carbonyl (C=O) groups excluding carboxylic acids is 1. The summed E-state index contributed by atoms with van der Waals surface area (Å²) in [5.74, 6) is 0.966. The van der Waals surface area contributed by atoms with Crippen LogP contribution in [0.3, 0.4) is 0 Å². The van der Waals surface area contributed by atoms with Gasteiger partial charge in [0.2, 0.25) is 5.91 Å². The monoisotopic (exact) mass is 407 g/mol. The second-order valence-electron chi connectivity index (χ2n) is 8.47. The van der Waals surface area contributed by atoms with Crippen LogP contribution < -0.4 is 15.0 Å². The number of nitrogens with one attached hydrogen (secondary N) is 1. The van der Waals surface area contributed by atoms with Crippen molar-refractivity contribution >= 4 is 11.6 Å². The molecular formula is C25H33N3O2. The molecule has 0 saturated carbocycles. The van der Waals surface area contributed by atoms with E-state index in [1.165, 1.54) is 29.7 Å². The fourth-order valence-electron chi connectivity index (χ4n) is 4.65. The predicted molar refractivity (Wildman–Crippen MR) is 121 cm³/mol. The fourth-order valence-corrected chi connectivity index (χ4v) is 4.65. The van der Waals surface area contributed by atoms with Crippen LogP contribution in [0.15, 0.2) is 42.5 Å². The maximum absolute atomic E-state index is 12.6. The van der Waals surface area contributed by atoms with Gasteiger partial charge >= 0.3 is 0 Å². The normalized spacial score (nSPS) is 17.1. The first-order valence-electron chi connectivity index (χ1n) is 11.1. The van der Waals surface area contributed by atoms with Gasteiger partial charge in [-0.3, -0.25) is 9.69 Å². The Balaban J connectivity index is 1.37. The molecule has 0 aliphatic carbocycles. The molecule has 1 amide bonds. The Morgan fingerprint density at radius 1 is 1.10 bits per heavy atom. The molecule has 5 heteroatoms. The van der Waals surface area contributed by atoms with E-state index in [4.69, 9.17) is 4.74 Å². The van der Waals surface area contributed by atoms with Gasteiger partial charge in [-0.2, -0.15) is 0 Å². The summed E-state index contributed by atoms with van der Waals surface area (Å²) in [7, 11) is 3.82. The Hall–Kier alpha value is -2.53. The number of nitrogens with zero attached hydrogens (tertiary/aromatic N) is 2. The summed E-state index contributed by atoms with van der Waals surface area (Å²) in [6, 6.07) is 15.1. The highest BCUT2D eigenvalue weighted by atomic mass is 16.5. The third-order valence-corrected chi connectivity index (χ3v) is 6.49. The molecular weight excluding hydrogens is 374 g/mol. The maximum atomic E-state index is 12.6. The number of aryl methyl sites for hydroxylation is 1. The second-order valence-corrected chi connectivity index (χ2v) is 8.47. The van der Waals surface area contributed by atoms with Crippen molar-refractivity contribution in [2.45, 2.75) is 38.1 Å². The number of amides is 1. The average molecular weight is 408 g/mol. The number of likely N-dealkylation sites (N-methyl/N-ethyl adjacent to an activating group) is 1. The van der Waals surface area contributed by atoms with Crippen LogP contribution >= 0.6 is 0 Å². The van der Waals surface area contributed by atoms with E-state index in [1.54, 1.807) is 7.11 Å². The minimum Gasteiger partial charge on any atom is -0.497 e. The van der Waals surface area contributed by atoms with Gasteiger partial charge in [0.25, 0.3) is 0 Å². The van der Waals surface area contributed by atoms with E-state index in [9.17, 15) is 4.79 Å². The Morgan fingerprint density at radius 3 is 2.60 bits per heavy atom. The number of carbonyl (C=O) groups is 1. The summed E-state index contributed by atoms with van der Waals surface area (Å²) < 4.78 is 5.20. The lowest BCUT2D eigenvalue weighted by Crippen LogP contribution is -2.37. The Morgan fingerprint density at radius 2 is 1.87 bits per heavy atom. The van der Waals surface area contributed by atoms with Gasteiger partial charge in [-0.05, 0) is 73.7 Å². The van der Waals surface area contributed by atoms with E-state index in [1.807, 2.05) is 24.3 Å². The number of rotatable bonds is 8. The molecule has 2 aromatic carbocycles. The Bertz CT molecular complexity index is 859. The van der Waals surface area contributed by atoms with Crippen molar-refractivity contribution in [3.63, 3.8) is 0 Å². The number of benzene rings is 2. The summed E-state index contributed by atoms with van der Waals surface area (Å²) in [6.07, 6.45) is 4.86. The number of methoxy groups -OCH3 is 1. The van der Waals surface area contributed by atoms with Gasteiger partial charge in [-0.1, -0.05) is 24.3 Å². The molecule has 1 saturated heterocycles. The van der Waals surface area contributed by atoms with Crippen molar-refractivity contribution in [3.8, 4) is 5.75 Å². The molecule has 2 aliphatic rings. The molecule has 0 unspecified atom stereocenters.